The number of benzene rings is 2. The fourth-order valence-corrected chi connectivity index (χ4v) is 3.38. The molecular weight excluding hydrogens is 317 g/mol. The monoisotopic (exact) mass is 337 g/mol. The lowest BCUT2D eigenvalue weighted by Crippen LogP contribution is -2.27. The van der Waals surface area contributed by atoms with E-state index in [1.165, 1.54) is 6.07 Å². The first-order chi connectivity index (χ1) is 12.2. The zero-order valence-electron chi connectivity index (χ0n) is 13.9. The topological polar surface area (TPSA) is 46.9 Å². The van der Waals surface area contributed by atoms with Crippen molar-refractivity contribution in [3.05, 3.63) is 66.2 Å². The van der Waals surface area contributed by atoms with Crippen LogP contribution in [0.15, 0.2) is 54.9 Å². The van der Waals surface area contributed by atoms with Gasteiger partial charge in [0.1, 0.15) is 5.82 Å². The number of nitrogens with zero attached hydrogens (tertiary/aromatic N) is 2. The van der Waals surface area contributed by atoms with Gasteiger partial charge in [-0.15, -0.1) is 0 Å². The fraction of sp³-hybridized carbons (Fsp3) is 0.300. The van der Waals surface area contributed by atoms with E-state index in [1.807, 2.05) is 36.7 Å². The first kappa shape index (κ1) is 15.8. The van der Waals surface area contributed by atoms with Crippen LogP contribution in [-0.2, 0) is 11.3 Å². The lowest BCUT2D eigenvalue weighted by molar-refractivity contribution is -0.122. The molecule has 3 aromatic rings. The van der Waals surface area contributed by atoms with Crippen molar-refractivity contribution >= 4 is 16.9 Å². The van der Waals surface area contributed by atoms with E-state index in [0.717, 1.165) is 30.4 Å². The van der Waals surface area contributed by atoms with Crippen molar-refractivity contribution in [1.82, 2.24) is 14.9 Å². The highest BCUT2D eigenvalue weighted by molar-refractivity contribution is 5.82. The normalized spacial score (nSPS) is 19.1. The summed E-state index contributed by atoms with van der Waals surface area (Å²) in [6.07, 6.45) is 3.41. The summed E-state index contributed by atoms with van der Waals surface area (Å²) >= 11 is 0. The minimum absolute atomic E-state index is 0.0267. The van der Waals surface area contributed by atoms with Gasteiger partial charge in [-0.25, -0.2) is 9.37 Å². The van der Waals surface area contributed by atoms with E-state index in [0.29, 0.717) is 12.1 Å². The molecule has 0 bridgehead atoms. The van der Waals surface area contributed by atoms with E-state index in [-0.39, 0.29) is 23.6 Å². The Balaban J connectivity index is 1.26. The highest BCUT2D eigenvalue weighted by atomic mass is 19.1. The Morgan fingerprint density at radius 1 is 1.20 bits per heavy atom. The molecule has 1 saturated carbocycles. The smallest absolute Gasteiger partial charge is 0.223 e. The zero-order valence-corrected chi connectivity index (χ0v) is 13.9. The van der Waals surface area contributed by atoms with Crippen LogP contribution >= 0.6 is 0 Å². The van der Waals surface area contributed by atoms with E-state index in [1.54, 1.807) is 12.1 Å². The van der Waals surface area contributed by atoms with Crippen LogP contribution in [0.4, 0.5) is 4.39 Å². The Labute approximate surface area is 145 Å². The summed E-state index contributed by atoms with van der Waals surface area (Å²) in [5.41, 5.74) is 2.75. The number of hydrogen-bond donors (Lipinski definition) is 1. The Morgan fingerprint density at radius 2 is 2.00 bits per heavy atom. The lowest BCUT2D eigenvalue weighted by atomic mass is 10.1. The van der Waals surface area contributed by atoms with Crippen LogP contribution in [0.5, 0.6) is 0 Å². The van der Waals surface area contributed by atoms with Gasteiger partial charge in [-0.1, -0.05) is 30.3 Å². The van der Waals surface area contributed by atoms with Crippen molar-refractivity contribution in [3.63, 3.8) is 0 Å². The number of amides is 1. The summed E-state index contributed by atoms with van der Waals surface area (Å²) in [5, 5.41) is 2.98. The predicted octanol–water partition coefficient (Wildman–Crippen LogP) is 3.49. The number of carbonyl (C=O) groups is 1. The van der Waals surface area contributed by atoms with Gasteiger partial charge in [0.05, 0.1) is 17.4 Å². The van der Waals surface area contributed by atoms with Gasteiger partial charge >= 0.3 is 0 Å². The molecule has 1 fully saturated rings. The fourth-order valence-electron chi connectivity index (χ4n) is 3.38. The molecule has 2 aromatic carbocycles. The van der Waals surface area contributed by atoms with Gasteiger partial charge in [-0.3, -0.25) is 4.79 Å². The second-order valence-corrected chi connectivity index (χ2v) is 6.54. The third kappa shape index (κ3) is 3.27. The van der Waals surface area contributed by atoms with Gasteiger partial charge in [-0.05, 0) is 42.5 Å². The summed E-state index contributed by atoms with van der Waals surface area (Å²) in [6.45, 7) is 1.42. The van der Waals surface area contributed by atoms with Gasteiger partial charge in [0, 0.05) is 19.0 Å². The summed E-state index contributed by atoms with van der Waals surface area (Å²) in [6, 6.07) is 14.7. The molecule has 4 nitrogen and oxygen atoms in total. The van der Waals surface area contributed by atoms with Gasteiger partial charge in [0.15, 0.2) is 0 Å². The molecule has 1 aliphatic rings. The van der Waals surface area contributed by atoms with E-state index in [4.69, 9.17) is 0 Å². The van der Waals surface area contributed by atoms with Crippen LogP contribution in [0.25, 0.3) is 11.0 Å². The molecule has 0 radical (unpaired) electrons. The average molecular weight is 337 g/mol. The number of imidazole rings is 1. The van der Waals surface area contributed by atoms with Crippen LogP contribution in [0.2, 0.25) is 0 Å². The molecule has 0 saturated heterocycles. The highest BCUT2D eigenvalue weighted by Crippen LogP contribution is 2.48. The van der Waals surface area contributed by atoms with Gasteiger partial charge in [0.25, 0.3) is 0 Å². The molecule has 0 spiro atoms. The Kier molecular flexibility index (Phi) is 4.22. The largest absolute Gasteiger partial charge is 0.356 e. The van der Waals surface area contributed by atoms with Gasteiger partial charge < -0.3 is 9.88 Å². The maximum absolute atomic E-state index is 13.8. The average Bonchev–Trinajstić information content (AvgIpc) is 3.32. The molecular formula is C20H20FN3O. The molecule has 5 heteroatoms. The number of nitrogens with one attached hydrogen (secondary N) is 1. The maximum Gasteiger partial charge on any atom is 0.223 e. The Bertz CT molecular complexity index is 905. The summed E-state index contributed by atoms with van der Waals surface area (Å²) in [4.78, 5) is 16.6. The van der Waals surface area contributed by atoms with E-state index < -0.39 is 0 Å². The standard InChI is InChI=1S/C20H20FN3O/c21-17-7-2-1-6-14(17)15-12-16(15)20(25)22-10-5-11-24-13-23-18-8-3-4-9-19(18)24/h1-4,6-9,13,15-16H,5,10-12H2,(H,22,25). The molecule has 1 aromatic heterocycles. The quantitative estimate of drug-likeness (QED) is 0.700. The first-order valence-electron chi connectivity index (χ1n) is 8.66. The third-order valence-electron chi connectivity index (χ3n) is 4.83. The lowest BCUT2D eigenvalue weighted by Gasteiger charge is -2.07. The molecule has 2 unspecified atom stereocenters. The number of carbonyl (C=O) groups excluding carboxylic acids is 1. The number of aryl methyl sites for hydroxylation is 1. The van der Waals surface area contributed by atoms with Crippen molar-refractivity contribution < 1.29 is 9.18 Å². The zero-order chi connectivity index (χ0) is 17.2. The maximum atomic E-state index is 13.8. The van der Waals surface area contributed by atoms with Crippen LogP contribution in [0, 0.1) is 11.7 Å². The molecule has 1 aliphatic carbocycles. The number of aromatic nitrogens is 2. The van der Waals surface area contributed by atoms with E-state index in [9.17, 15) is 9.18 Å². The Hall–Kier alpha value is -2.69. The number of fused-ring (bicyclic) bond motifs is 1. The number of hydrogen-bond acceptors (Lipinski definition) is 2. The van der Waals surface area contributed by atoms with Crippen LogP contribution in [0.3, 0.4) is 0 Å². The predicted molar refractivity (Wildman–Crippen MR) is 94.6 cm³/mol. The summed E-state index contributed by atoms with van der Waals surface area (Å²) < 4.78 is 15.9. The molecule has 1 amide bonds. The first-order valence-corrected chi connectivity index (χ1v) is 8.66. The Morgan fingerprint density at radius 3 is 2.88 bits per heavy atom. The van der Waals surface area contributed by atoms with E-state index >= 15 is 0 Å². The molecule has 25 heavy (non-hydrogen) atoms. The summed E-state index contributed by atoms with van der Waals surface area (Å²) in [5.74, 6) is -0.247. The number of halogens is 1. The van der Waals surface area contributed by atoms with Gasteiger partial charge in [0.2, 0.25) is 5.91 Å². The molecule has 128 valence electrons. The molecule has 1 N–H and O–H groups in total. The van der Waals surface area contributed by atoms with Crippen molar-refractivity contribution in [1.29, 1.82) is 0 Å². The van der Waals surface area contributed by atoms with Crippen molar-refractivity contribution in [2.24, 2.45) is 5.92 Å². The van der Waals surface area contributed by atoms with Crippen LogP contribution in [-0.4, -0.2) is 22.0 Å². The number of rotatable bonds is 6. The van der Waals surface area contributed by atoms with Crippen molar-refractivity contribution in [2.45, 2.75) is 25.3 Å². The molecule has 2 atom stereocenters. The van der Waals surface area contributed by atoms with Crippen LogP contribution < -0.4 is 5.32 Å². The summed E-state index contributed by atoms with van der Waals surface area (Å²) in [7, 11) is 0. The minimum atomic E-state index is -0.213. The second-order valence-electron chi connectivity index (χ2n) is 6.54. The molecule has 0 aliphatic heterocycles. The van der Waals surface area contributed by atoms with Crippen molar-refractivity contribution in [2.75, 3.05) is 6.54 Å². The van der Waals surface area contributed by atoms with Crippen LogP contribution in [0.1, 0.15) is 24.3 Å². The van der Waals surface area contributed by atoms with E-state index in [2.05, 4.69) is 14.9 Å². The second kappa shape index (κ2) is 6.67. The highest BCUT2D eigenvalue weighted by Gasteiger charge is 2.44. The molecule has 1 heterocycles. The number of para-hydroxylation sites is 2. The molecule has 4 rings (SSSR count). The minimum Gasteiger partial charge on any atom is -0.356 e. The third-order valence-corrected chi connectivity index (χ3v) is 4.83. The van der Waals surface area contributed by atoms with Gasteiger partial charge in [-0.2, -0.15) is 0 Å². The SMILES string of the molecule is O=C(NCCCn1cnc2ccccc21)C1CC1c1ccccc1F. The van der Waals surface area contributed by atoms with Crippen molar-refractivity contribution in [3.8, 4) is 0 Å².